The molecule has 0 bridgehead atoms. The first-order valence-electron chi connectivity index (χ1n) is 10.3. The zero-order chi connectivity index (χ0) is 22.4. The van der Waals surface area contributed by atoms with Crippen molar-refractivity contribution in [3.05, 3.63) is 77.6 Å². The van der Waals surface area contributed by atoms with Crippen molar-refractivity contribution in [3.63, 3.8) is 0 Å². The Balaban J connectivity index is 1.95. The van der Waals surface area contributed by atoms with Gasteiger partial charge >= 0.3 is 0 Å². The molecule has 0 aliphatic carbocycles. The highest BCUT2D eigenvalue weighted by Crippen LogP contribution is 2.19. The molecule has 2 aromatic carbocycles. The first-order chi connectivity index (χ1) is 14.8. The van der Waals surface area contributed by atoms with Crippen LogP contribution in [-0.2, 0) is 16.4 Å². The summed E-state index contributed by atoms with van der Waals surface area (Å²) in [5.41, 5.74) is 2.94. The largest absolute Gasteiger partial charge is 0.340 e. The minimum Gasteiger partial charge on any atom is -0.340 e. The highest BCUT2D eigenvalue weighted by molar-refractivity contribution is 7.89. The van der Waals surface area contributed by atoms with Crippen LogP contribution in [0.2, 0.25) is 0 Å². The number of carbonyl (C=O) groups is 1. The molecule has 7 nitrogen and oxygen atoms in total. The van der Waals surface area contributed by atoms with Crippen molar-refractivity contribution in [1.29, 1.82) is 0 Å². The summed E-state index contributed by atoms with van der Waals surface area (Å²) < 4.78 is 24.8. The average Bonchev–Trinajstić information content (AvgIpc) is 3.17. The molecule has 0 radical (unpaired) electrons. The highest BCUT2D eigenvalue weighted by Gasteiger charge is 2.19. The summed E-state index contributed by atoms with van der Waals surface area (Å²) in [5, 5.41) is 9.77. The molecule has 1 aromatic heterocycles. The molecule has 0 aliphatic heterocycles. The van der Waals surface area contributed by atoms with Gasteiger partial charge in [0.15, 0.2) is 5.69 Å². The molecule has 0 fully saturated rings. The molecular weight excluding hydrogens is 412 g/mol. The lowest BCUT2D eigenvalue weighted by Crippen LogP contribution is -2.28. The summed E-state index contributed by atoms with van der Waals surface area (Å²) in [5.74, 6) is -0.134. The first-order valence-corrected chi connectivity index (χ1v) is 11.9. The molecular formula is C23H28N4O3S. The van der Waals surface area contributed by atoms with E-state index in [4.69, 9.17) is 5.14 Å². The number of rotatable bonds is 9. The molecule has 3 rings (SSSR count). The van der Waals surface area contributed by atoms with Crippen LogP contribution in [0, 0.1) is 0 Å². The third kappa shape index (κ3) is 5.80. The van der Waals surface area contributed by atoms with Crippen LogP contribution in [0.25, 0.3) is 5.69 Å². The molecule has 3 aromatic rings. The highest BCUT2D eigenvalue weighted by atomic mass is 32.2. The van der Waals surface area contributed by atoms with Gasteiger partial charge in [-0.3, -0.25) is 4.79 Å². The second-order valence-electron chi connectivity index (χ2n) is 7.57. The number of hydrogen-bond acceptors (Lipinski definition) is 4. The Hall–Kier alpha value is -2.97. The smallest absolute Gasteiger partial charge is 0.274 e. The van der Waals surface area contributed by atoms with Crippen LogP contribution >= 0.6 is 0 Å². The maximum Gasteiger partial charge on any atom is 0.274 e. The number of benzene rings is 2. The van der Waals surface area contributed by atoms with E-state index in [1.165, 1.54) is 12.1 Å². The predicted molar refractivity (Wildman–Crippen MR) is 121 cm³/mol. The maximum atomic E-state index is 12.9. The Kier molecular flexibility index (Phi) is 7.25. The molecule has 0 saturated heterocycles. The van der Waals surface area contributed by atoms with Gasteiger partial charge in [0, 0.05) is 25.7 Å². The number of hydrogen-bond donors (Lipinski definition) is 1. The maximum absolute atomic E-state index is 12.9. The molecule has 0 saturated carbocycles. The number of carbonyl (C=O) groups excluding carboxylic acids is 1. The van der Waals surface area contributed by atoms with Gasteiger partial charge in [0.05, 0.1) is 10.6 Å². The van der Waals surface area contributed by atoms with Gasteiger partial charge < -0.3 is 4.90 Å². The number of primary sulfonamides is 1. The Labute approximate surface area is 183 Å². The minimum absolute atomic E-state index is 0.0278. The number of nitrogens with two attached hydrogens (primary N) is 1. The number of aromatic nitrogens is 2. The van der Waals surface area contributed by atoms with Crippen molar-refractivity contribution in [2.24, 2.45) is 5.14 Å². The Bertz CT molecular complexity index is 1120. The van der Waals surface area contributed by atoms with Crippen molar-refractivity contribution >= 4 is 15.9 Å². The summed E-state index contributed by atoms with van der Waals surface area (Å²) in [7, 11) is -2.00. The summed E-state index contributed by atoms with van der Waals surface area (Å²) in [4.78, 5) is 14.6. The van der Waals surface area contributed by atoms with Gasteiger partial charge in [-0.25, -0.2) is 18.2 Å². The van der Waals surface area contributed by atoms with Crippen LogP contribution in [0.15, 0.2) is 65.6 Å². The summed E-state index contributed by atoms with van der Waals surface area (Å²) in [6, 6.07) is 17.9. The third-order valence-corrected chi connectivity index (χ3v) is 6.01. The van der Waals surface area contributed by atoms with E-state index in [-0.39, 0.29) is 10.8 Å². The summed E-state index contributed by atoms with van der Waals surface area (Å²) in [6.45, 7) is 2.80. The van der Waals surface area contributed by atoms with Crippen molar-refractivity contribution in [1.82, 2.24) is 14.7 Å². The minimum atomic E-state index is -3.78. The van der Waals surface area contributed by atoms with Crippen molar-refractivity contribution in [3.8, 4) is 5.69 Å². The van der Waals surface area contributed by atoms with Crippen molar-refractivity contribution < 1.29 is 13.2 Å². The van der Waals surface area contributed by atoms with Gasteiger partial charge in [-0.1, -0.05) is 50.1 Å². The van der Waals surface area contributed by atoms with Crippen molar-refractivity contribution in [2.45, 2.75) is 37.5 Å². The second-order valence-corrected chi connectivity index (χ2v) is 9.13. The molecule has 0 unspecified atom stereocenters. The lowest BCUT2D eigenvalue weighted by atomic mass is 10.1. The standard InChI is InChI=1S/C23H28N4O3S/c1-3-4-8-15-26(2)23(28)22-17-20(16-18-9-6-5-7-10-18)27(25-22)19-11-13-21(14-12-19)31(24,29)30/h5-7,9-14,17H,3-4,8,15-16H2,1-2H3,(H2,24,29,30). The number of amides is 1. The van der Waals surface area contributed by atoms with Crippen LogP contribution in [0.5, 0.6) is 0 Å². The zero-order valence-electron chi connectivity index (χ0n) is 17.9. The van der Waals surface area contributed by atoms with Gasteiger partial charge in [-0.15, -0.1) is 0 Å². The van der Waals surface area contributed by atoms with E-state index in [0.29, 0.717) is 24.3 Å². The fraction of sp³-hybridized carbons (Fsp3) is 0.304. The van der Waals surface area contributed by atoms with Gasteiger partial charge in [0.1, 0.15) is 0 Å². The van der Waals surface area contributed by atoms with E-state index in [0.717, 1.165) is 30.5 Å². The fourth-order valence-electron chi connectivity index (χ4n) is 3.35. The number of nitrogens with zero attached hydrogens (tertiary/aromatic N) is 3. The summed E-state index contributed by atoms with van der Waals surface area (Å²) in [6.07, 6.45) is 3.69. The molecule has 0 spiro atoms. The normalized spacial score (nSPS) is 11.5. The predicted octanol–water partition coefficient (Wildman–Crippen LogP) is 3.37. The van der Waals surface area contributed by atoms with Gasteiger partial charge in [-0.05, 0) is 42.3 Å². The van der Waals surface area contributed by atoms with E-state index >= 15 is 0 Å². The number of sulfonamides is 1. The van der Waals surface area contributed by atoms with Crippen molar-refractivity contribution in [2.75, 3.05) is 13.6 Å². The number of unbranched alkanes of at least 4 members (excludes halogenated alkanes) is 2. The Morgan fingerprint density at radius 3 is 2.35 bits per heavy atom. The Morgan fingerprint density at radius 2 is 1.74 bits per heavy atom. The molecule has 8 heteroatoms. The molecule has 0 atom stereocenters. The fourth-order valence-corrected chi connectivity index (χ4v) is 3.87. The molecule has 1 heterocycles. The average molecular weight is 441 g/mol. The van der Waals surface area contributed by atoms with Crippen LogP contribution in [0.1, 0.15) is 47.9 Å². The van der Waals surface area contributed by atoms with Crippen LogP contribution in [-0.4, -0.2) is 42.6 Å². The molecule has 31 heavy (non-hydrogen) atoms. The first kappa shape index (κ1) is 22.7. The second kappa shape index (κ2) is 9.89. The zero-order valence-corrected chi connectivity index (χ0v) is 18.7. The third-order valence-electron chi connectivity index (χ3n) is 5.08. The Morgan fingerprint density at radius 1 is 1.06 bits per heavy atom. The van der Waals surface area contributed by atoms with E-state index in [1.807, 2.05) is 30.3 Å². The lowest BCUT2D eigenvalue weighted by molar-refractivity contribution is 0.0786. The summed E-state index contributed by atoms with van der Waals surface area (Å²) >= 11 is 0. The van der Waals surface area contributed by atoms with E-state index in [1.54, 1.807) is 34.8 Å². The van der Waals surface area contributed by atoms with E-state index in [2.05, 4.69) is 12.0 Å². The van der Waals surface area contributed by atoms with Gasteiger partial charge in [0.25, 0.3) is 5.91 Å². The monoisotopic (exact) mass is 440 g/mol. The molecule has 1 amide bonds. The molecule has 0 aliphatic rings. The lowest BCUT2D eigenvalue weighted by Gasteiger charge is -2.15. The molecule has 2 N–H and O–H groups in total. The SMILES string of the molecule is CCCCCN(C)C(=O)c1cc(Cc2ccccc2)n(-c2ccc(S(N)(=O)=O)cc2)n1. The van der Waals surface area contributed by atoms with Crippen LogP contribution < -0.4 is 5.14 Å². The van der Waals surface area contributed by atoms with Crippen LogP contribution in [0.3, 0.4) is 0 Å². The van der Waals surface area contributed by atoms with Crippen LogP contribution in [0.4, 0.5) is 0 Å². The topological polar surface area (TPSA) is 98.3 Å². The van der Waals surface area contributed by atoms with E-state index < -0.39 is 10.0 Å². The molecule has 164 valence electrons. The quantitative estimate of drug-likeness (QED) is 0.516. The van der Waals surface area contributed by atoms with E-state index in [9.17, 15) is 13.2 Å². The van der Waals surface area contributed by atoms with Gasteiger partial charge in [0.2, 0.25) is 10.0 Å². The van der Waals surface area contributed by atoms with Gasteiger partial charge in [-0.2, -0.15) is 5.10 Å².